The van der Waals surface area contributed by atoms with Crippen LogP contribution in [0.1, 0.15) is 37.3 Å². The van der Waals surface area contributed by atoms with Crippen LogP contribution in [0.3, 0.4) is 0 Å². The van der Waals surface area contributed by atoms with Crippen LogP contribution in [0, 0.1) is 0 Å². The van der Waals surface area contributed by atoms with E-state index < -0.39 is 0 Å². The van der Waals surface area contributed by atoms with Gasteiger partial charge in [0.2, 0.25) is 0 Å². The first-order valence-corrected chi connectivity index (χ1v) is 10.9. The molecule has 0 saturated carbocycles. The third-order valence-corrected chi connectivity index (χ3v) is 5.75. The highest BCUT2D eigenvalue weighted by Gasteiger charge is 2.23. The standard InChI is InChI=1S/C22H37N5O.HI/c1-23-22(24-11-5-6-12-26-15-17-28-18-16-26)25-19-21(27-13-7-8-14-27)20-9-3-2-4-10-20;/h2-4,9-10,21H,5-8,11-19H2,1H3,(H2,23,24,25);1H. The molecule has 0 bridgehead atoms. The molecule has 2 saturated heterocycles. The van der Waals surface area contributed by atoms with Gasteiger partial charge < -0.3 is 15.4 Å². The average Bonchev–Trinajstić information content (AvgIpc) is 3.28. The van der Waals surface area contributed by atoms with Gasteiger partial charge in [0, 0.05) is 33.2 Å². The monoisotopic (exact) mass is 515 g/mol. The van der Waals surface area contributed by atoms with Crippen molar-refractivity contribution in [3.05, 3.63) is 35.9 Å². The van der Waals surface area contributed by atoms with Gasteiger partial charge in [0.1, 0.15) is 0 Å². The van der Waals surface area contributed by atoms with E-state index in [4.69, 9.17) is 4.74 Å². The van der Waals surface area contributed by atoms with E-state index in [1.807, 2.05) is 7.05 Å². The second-order valence-electron chi connectivity index (χ2n) is 7.71. The second kappa shape index (κ2) is 14.2. The summed E-state index contributed by atoms with van der Waals surface area (Å²) >= 11 is 0. The van der Waals surface area contributed by atoms with E-state index in [2.05, 4.69) is 55.8 Å². The van der Waals surface area contributed by atoms with Crippen molar-refractivity contribution in [2.24, 2.45) is 4.99 Å². The molecule has 1 aromatic carbocycles. The van der Waals surface area contributed by atoms with Crippen LogP contribution in [-0.4, -0.2) is 81.8 Å². The number of morpholine rings is 1. The molecule has 164 valence electrons. The quantitative estimate of drug-likeness (QED) is 0.229. The molecule has 2 N–H and O–H groups in total. The highest BCUT2D eigenvalue weighted by Crippen LogP contribution is 2.24. The van der Waals surface area contributed by atoms with E-state index in [1.54, 1.807) is 0 Å². The van der Waals surface area contributed by atoms with Crippen LogP contribution in [0.2, 0.25) is 0 Å². The fourth-order valence-corrected chi connectivity index (χ4v) is 4.09. The van der Waals surface area contributed by atoms with Crippen molar-refractivity contribution < 1.29 is 4.74 Å². The van der Waals surface area contributed by atoms with E-state index in [-0.39, 0.29) is 24.0 Å². The minimum atomic E-state index is 0. The molecular formula is C22H38IN5O. The lowest BCUT2D eigenvalue weighted by Crippen LogP contribution is -2.43. The Morgan fingerprint density at radius 3 is 2.45 bits per heavy atom. The summed E-state index contributed by atoms with van der Waals surface area (Å²) in [6.07, 6.45) is 4.98. The Labute approximate surface area is 193 Å². The molecule has 2 aliphatic heterocycles. The number of ether oxygens (including phenoxy) is 1. The fourth-order valence-electron chi connectivity index (χ4n) is 4.09. The molecule has 7 heteroatoms. The number of benzene rings is 1. The first-order valence-electron chi connectivity index (χ1n) is 10.9. The average molecular weight is 515 g/mol. The van der Waals surface area contributed by atoms with Crippen molar-refractivity contribution in [3.63, 3.8) is 0 Å². The Bertz CT molecular complexity index is 574. The van der Waals surface area contributed by atoms with Crippen molar-refractivity contribution in [1.29, 1.82) is 0 Å². The summed E-state index contributed by atoms with van der Waals surface area (Å²) in [6.45, 7) is 9.32. The number of hydrogen-bond donors (Lipinski definition) is 2. The van der Waals surface area contributed by atoms with Crippen molar-refractivity contribution in [3.8, 4) is 0 Å². The molecule has 1 aromatic rings. The number of unbranched alkanes of at least 4 members (excludes halogenated alkanes) is 1. The van der Waals surface area contributed by atoms with Crippen LogP contribution in [0.15, 0.2) is 35.3 Å². The van der Waals surface area contributed by atoms with Gasteiger partial charge >= 0.3 is 0 Å². The number of hydrogen-bond acceptors (Lipinski definition) is 4. The van der Waals surface area contributed by atoms with E-state index in [9.17, 15) is 0 Å². The Morgan fingerprint density at radius 1 is 1.03 bits per heavy atom. The lowest BCUT2D eigenvalue weighted by atomic mass is 10.1. The van der Waals surface area contributed by atoms with Crippen molar-refractivity contribution in [2.45, 2.75) is 31.7 Å². The molecule has 0 radical (unpaired) electrons. The Morgan fingerprint density at radius 2 is 1.76 bits per heavy atom. The number of aliphatic imine (C=N–C) groups is 1. The SMILES string of the molecule is CN=C(NCCCCN1CCOCC1)NCC(c1ccccc1)N1CCCC1.I. The molecule has 0 aliphatic carbocycles. The zero-order chi connectivity index (χ0) is 19.4. The van der Waals surface area contributed by atoms with Gasteiger partial charge in [-0.05, 0) is 50.9 Å². The minimum absolute atomic E-state index is 0. The van der Waals surface area contributed by atoms with Crippen LogP contribution >= 0.6 is 24.0 Å². The Hall–Kier alpha value is -0.900. The molecular weight excluding hydrogens is 477 g/mol. The lowest BCUT2D eigenvalue weighted by molar-refractivity contribution is 0.0372. The largest absolute Gasteiger partial charge is 0.379 e. The number of guanidine groups is 1. The molecule has 0 aromatic heterocycles. The van der Waals surface area contributed by atoms with Crippen LogP contribution in [0.5, 0.6) is 0 Å². The number of rotatable bonds is 9. The molecule has 2 heterocycles. The fraction of sp³-hybridized carbons (Fsp3) is 0.682. The van der Waals surface area contributed by atoms with Crippen LogP contribution in [0.4, 0.5) is 0 Å². The van der Waals surface area contributed by atoms with Gasteiger partial charge in [-0.1, -0.05) is 30.3 Å². The van der Waals surface area contributed by atoms with Crippen LogP contribution in [0.25, 0.3) is 0 Å². The molecule has 1 unspecified atom stereocenters. The number of nitrogens with one attached hydrogen (secondary N) is 2. The summed E-state index contributed by atoms with van der Waals surface area (Å²) in [6, 6.07) is 11.3. The number of nitrogens with zero attached hydrogens (tertiary/aromatic N) is 3. The van der Waals surface area contributed by atoms with Gasteiger partial charge in [-0.25, -0.2) is 0 Å². The van der Waals surface area contributed by atoms with E-state index in [0.29, 0.717) is 6.04 Å². The van der Waals surface area contributed by atoms with Gasteiger partial charge in [0.15, 0.2) is 5.96 Å². The molecule has 0 spiro atoms. The summed E-state index contributed by atoms with van der Waals surface area (Å²) < 4.78 is 5.41. The molecule has 1 atom stereocenters. The molecule has 29 heavy (non-hydrogen) atoms. The summed E-state index contributed by atoms with van der Waals surface area (Å²) in [5.74, 6) is 0.909. The third-order valence-electron chi connectivity index (χ3n) is 5.75. The molecule has 0 amide bonds. The summed E-state index contributed by atoms with van der Waals surface area (Å²) in [7, 11) is 1.86. The summed E-state index contributed by atoms with van der Waals surface area (Å²) in [5, 5.41) is 7.04. The van der Waals surface area contributed by atoms with Crippen molar-refractivity contribution in [1.82, 2.24) is 20.4 Å². The lowest BCUT2D eigenvalue weighted by Gasteiger charge is -2.29. The maximum Gasteiger partial charge on any atom is 0.191 e. The predicted octanol–water partition coefficient (Wildman–Crippen LogP) is 2.72. The Balaban J connectivity index is 0.00000300. The van der Waals surface area contributed by atoms with Crippen molar-refractivity contribution >= 4 is 29.9 Å². The highest BCUT2D eigenvalue weighted by molar-refractivity contribution is 14.0. The summed E-state index contributed by atoms with van der Waals surface area (Å²) in [4.78, 5) is 9.51. The minimum Gasteiger partial charge on any atom is -0.379 e. The van der Waals surface area contributed by atoms with Crippen LogP contribution in [-0.2, 0) is 4.74 Å². The zero-order valence-electron chi connectivity index (χ0n) is 17.8. The van der Waals surface area contributed by atoms with Crippen LogP contribution < -0.4 is 10.6 Å². The van der Waals surface area contributed by atoms with Gasteiger partial charge in [-0.3, -0.25) is 14.8 Å². The topological polar surface area (TPSA) is 52.1 Å². The smallest absolute Gasteiger partial charge is 0.191 e. The maximum absolute atomic E-state index is 5.41. The Kier molecular flexibility index (Phi) is 11.9. The number of halogens is 1. The van der Waals surface area contributed by atoms with Gasteiger partial charge in [0.05, 0.1) is 19.3 Å². The first kappa shape index (κ1) is 24.4. The molecule has 2 aliphatic rings. The molecule has 6 nitrogen and oxygen atoms in total. The third kappa shape index (κ3) is 8.39. The normalized spacial score (nSPS) is 19.6. The zero-order valence-corrected chi connectivity index (χ0v) is 20.1. The van der Waals surface area contributed by atoms with Gasteiger partial charge in [-0.2, -0.15) is 0 Å². The molecule has 3 rings (SSSR count). The van der Waals surface area contributed by atoms with Crippen molar-refractivity contribution in [2.75, 3.05) is 66.1 Å². The maximum atomic E-state index is 5.41. The van der Waals surface area contributed by atoms with Gasteiger partial charge in [0.25, 0.3) is 0 Å². The number of likely N-dealkylation sites (tertiary alicyclic amines) is 1. The highest BCUT2D eigenvalue weighted by atomic mass is 127. The summed E-state index contributed by atoms with van der Waals surface area (Å²) in [5.41, 5.74) is 1.39. The van der Waals surface area contributed by atoms with E-state index >= 15 is 0 Å². The predicted molar refractivity (Wildman–Crippen MR) is 131 cm³/mol. The molecule has 2 fully saturated rings. The van der Waals surface area contributed by atoms with Gasteiger partial charge in [-0.15, -0.1) is 24.0 Å². The second-order valence-corrected chi connectivity index (χ2v) is 7.71. The van der Waals surface area contributed by atoms with E-state index in [0.717, 1.165) is 51.8 Å². The first-order chi connectivity index (χ1) is 13.9. The van der Waals surface area contributed by atoms with E-state index in [1.165, 1.54) is 44.5 Å².